The van der Waals surface area contributed by atoms with Crippen LogP contribution in [0.3, 0.4) is 0 Å². The summed E-state index contributed by atoms with van der Waals surface area (Å²) in [4.78, 5) is 11.2. The molecule has 1 aromatic rings. The number of rotatable bonds is 10. The average molecular weight is 412 g/mol. The second kappa shape index (κ2) is 10.1. The second-order valence-corrected chi connectivity index (χ2v) is 10.5. The highest BCUT2D eigenvalue weighted by atomic mass is 32.2. The van der Waals surface area contributed by atoms with Crippen molar-refractivity contribution < 1.29 is 23.6 Å². The fraction of sp³-hybridized carbons (Fsp3) is 0.667. The molecule has 0 aliphatic carbocycles. The van der Waals surface area contributed by atoms with Gasteiger partial charge in [0.25, 0.3) is 0 Å². The first-order chi connectivity index (χ1) is 13.1. The Morgan fingerprint density at radius 1 is 1.36 bits per heavy atom. The van der Waals surface area contributed by atoms with Crippen molar-refractivity contribution in [2.24, 2.45) is 0 Å². The quantitative estimate of drug-likeness (QED) is 0.471. The van der Waals surface area contributed by atoms with Crippen LogP contribution in [-0.4, -0.2) is 46.7 Å². The largest absolute Gasteiger partial charge is 0.598 e. The predicted molar refractivity (Wildman–Crippen MR) is 111 cm³/mol. The number of aldehydes is 1. The summed E-state index contributed by atoms with van der Waals surface area (Å²) in [6.07, 6.45) is 3.12. The van der Waals surface area contributed by atoms with Gasteiger partial charge in [-0.1, -0.05) is 12.1 Å². The Labute approximate surface area is 171 Å². The Balaban J connectivity index is 1.71. The van der Waals surface area contributed by atoms with Crippen LogP contribution in [-0.2, 0) is 32.1 Å². The molecule has 0 amide bonds. The lowest BCUT2D eigenvalue weighted by Crippen LogP contribution is -2.45. The SMILES string of the molecule is CC1(C)OC[C@@H](COc2ccc(CCCC(C=O)N[S+]([O-])C(C)(C)C)cc2)O1. The molecule has 1 aliphatic rings. The molecule has 3 atom stereocenters. The van der Waals surface area contributed by atoms with Gasteiger partial charge in [0.1, 0.15) is 35.5 Å². The minimum absolute atomic E-state index is 0.0545. The Morgan fingerprint density at radius 3 is 2.57 bits per heavy atom. The summed E-state index contributed by atoms with van der Waals surface area (Å²) >= 11 is -1.24. The van der Waals surface area contributed by atoms with Gasteiger partial charge in [-0.15, -0.1) is 4.72 Å². The number of carbonyl (C=O) groups is 1. The molecular weight excluding hydrogens is 378 g/mol. The van der Waals surface area contributed by atoms with E-state index in [4.69, 9.17) is 14.2 Å². The topological polar surface area (TPSA) is 79.9 Å². The predicted octanol–water partition coefficient (Wildman–Crippen LogP) is 3.16. The molecule has 28 heavy (non-hydrogen) atoms. The van der Waals surface area contributed by atoms with Crippen LogP contribution in [0.2, 0.25) is 0 Å². The summed E-state index contributed by atoms with van der Waals surface area (Å²) in [7, 11) is 0. The number of benzene rings is 1. The van der Waals surface area contributed by atoms with E-state index in [1.807, 2.05) is 58.9 Å². The summed E-state index contributed by atoms with van der Waals surface area (Å²) < 4.78 is 31.7. The summed E-state index contributed by atoms with van der Waals surface area (Å²) in [5.41, 5.74) is 1.18. The fourth-order valence-electron chi connectivity index (χ4n) is 2.78. The Bertz CT molecular complexity index is 614. The van der Waals surface area contributed by atoms with E-state index in [0.717, 1.165) is 24.9 Å². The molecule has 1 N–H and O–H groups in total. The highest BCUT2D eigenvalue weighted by Gasteiger charge is 2.33. The maximum Gasteiger partial charge on any atom is 0.163 e. The van der Waals surface area contributed by atoms with Gasteiger partial charge in [-0.2, -0.15) is 0 Å². The molecule has 0 spiro atoms. The molecular formula is C21H33NO5S. The van der Waals surface area contributed by atoms with E-state index < -0.39 is 17.1 Å². The van der Waals surface area contributed by atoms with Crippen LogP contribution < -0.4 is 9.46 Å². The van der Waals surface area contributed by atoms with Gasteiger partial charge in [-0.3, -0.25) is 0 Å². The molecule has 7 heteroatoms. The fourth-order valence-corrected chi connectivity index (χ4v) is 3.58. The first-order valence-electron chi connectivity index (χ1n) is 9.76. The van der Waals surface area contributed by atoms with Crippen molar-refractivity contribution in [3.8, 4) is 5.75 Å². The van der Waals surface area contributed by atoms with Crippen LogP contribution in [0.1, 0.15) is 53.0 Å². The Morgan fingerprint density at radius 2 is 2.04 bits per heavy atom. The minimum Gasteiger partial charge on any atom is -0.598 e. The molecule has 6 nitrogen and oxygen atoms in total. The lowest BCUT2D eigenvalue weighted by molar-refractivity contribution is -0.141. The summed E-state index contributed by atoms with van der Waals surface area (Å²) in [5, 5.41) is 0. The van der Waals surface area contributed by atoms with Crippen molar-refractivity contribution >= 4 is 17.6 Å². The monoisotopic (exact) mass is 411 g/mol. The zero-order valence-electron chi connectivity index (χ0n) is 17.5. The third-order valence-electron chi connectivity index (χ3n) is 4.39. The molecule has 0 bridgehead atoms. The van der Waals surface area contributed by atoms with Gasteiger partial charge in [-0.05, 0) is 71.6 Å². The Hall–Kier alpha value is -1.12. The number of hydrogen-bond acceptors (Lipinski definition) is 6. The van der Waals surface area contributed by atoms with Crippen LogP contribution >= 0.6 is 0 Å². The summed E-state index contributed by atoms with van der Waals surface area (Å²) in [6.45, 7) is 10.4. The van der Waals surface area contributed by atoms with Crippen molar-refractivity contribution in [3.63, 3.8) is 0 Å². The van der Waals surface area contributed by atoms with Crippen LogP contribution in [0.5, 0.6) is 5.75 Å². The lowest BCUT2D eigenvalue weighted by Gasteiger charge is -2.25. The molecule has 1 aliphatic heterocycles. The smallest absolute Gasteiger partial charge is 0.163 e. The van der Waals surface area contributed by atoms with E-state index in [1.165, 1.54) is 5.56 Å². The zero-order valence-corrected chi connectivity index (χ0v) is 18.3. The van der Waals surface area contributed by atoms with Crippen LogP contribution in [0.4, 0.5) is 0 Å². The average Bonchev–Trinajstić information content (AvgIpc) is 2.98. The molecule has 2 rings (SSSR count). The standard InChI is InChI=1S/C21H33NO5S/c1-20(2,3)28(24)22-17(13-23)8-6-7-16-9-11-18(12-10-16)25-14-19-15-26-21(4,5)27-19/h9-13,17,19,22H,6-8,14-15H2,1-5H3/t17?,19-,28?/m1/s1. The van der Waals surface area contributed by atoms with Gasteiger partial charge < -0.3 is 23.6 Å². The normalized spacial score (nSPS) is 21.3. The second-order valence-electron chi connectivity index (χ2n) is 8.54. The van der Waals surface area contributed by atoms with Gasteiger partial charge >= 0.3 is 0 Å². The molecule has 2 unspecified atom stereocenters. The molecule has 1 fully saturated rings. The first-order valence-corrected chi connectivity index (χ1v) is 10.9. The molecule has 0 radical (unpaired) electrons. The molecule has 1 aromatic carbocycles. The van der Waals surface area contributed by atoms with Gasteiger partial charge in [0.15, 0.2) is 5.79 Å². The van der Waals surface area contributed by atoms with E-state index >= 15 is 0 Å². The number of carbonyl (C=O) groups excluding carboxylic acids is 1. The number of ether oxygens (including phenoxy) is 3. The zero-order chi connectivity index (χ0) is 20.8. The summed E-state index contributed by atoms with van der Waals surface area (Å²) in [6, 6.07) is 7.56. The summed E-state index contributed by atoms with van der Waals surface area (Å²) in [5.74, 6) is 0.260. The van der Waals surface area contributed by atoms with E-state index in [-0.39, 0.29) is 16.9 Å². The molecule has 158 valence electrons. The maximum absolute atomic E-state index is 12.1. The molecule has 0 aromatic heterocycles. The van der Waals surface area contributed by atoms with E-state index in [9.17, 15) is 9.35 Å². The van der Waals surface area contributed by atoms with Crippen molar-refractivity contribution in [1.82, 2.24) is 4.72 Å². The molecule has 1 heterocycles. The van der Waals surface area contributed by atoms with Crippen LogP contribution in [0.25, 0.3) is 0 Å². The van der Waals surface area contributed by atoms with Gasteiger partial charge in [-0.25, -0.2) is 0 Å². The van der Waals surface area contributed by atoms with E-state index in [1.54, 1.807) is 0 Å². The number of aryl methyl sites for hydroxylation is 1. The van der Waals surface area contributed by atoms with E-state index in [2.05, 4.69) is 4.72 Å². The number of nitrogens with one attached hydrogen (secondary N) is 1. The molecule has 1 saturated heterocycles. The van der Waals surface area contributed by atoms with Gasteiger partial charge in [0.2, 0.25) is 0 Å². The molecule has 0 saturated carbocycles. The number of hydrogen-bond donors (Lipinski definition) is 1. The highest BCUT2D eigenvalue weighted by Crippen LogP contribution is 2.23. The third kappa shape index (κ3) is 7.72. The van der Waals surface area contributed by atoms with Gasteiger partial charge in [0, 0.05) is 11.4 Å². The van der Waals surface area contributed by atoms with Crippen LogP contribution in [0.15, 0.2) is 24.3 Å². The van der Waals surface area contributed by atoms with Crippen molar-refractivity contribution in [1.29, 1.82) is 0 Å². The first kappa shape index (κ1) is 23.2. The van der Waals surface area contributed by atoms with E-state index in [0.29, 0.717) is 19.6 Å². The minimum atomic E-state index is -1.24. The Kier molecular flexibility index (Phi) is 8.33. The van der Waals surface area contributed by atoms with Crippen molar-refractivity contribution in [2.75, 3.05) is 13.2 Å². The third-order valence-corrected chi connectivity index (χ3v) is 6.02. The maximum atomic E-state index is 12.1. The lowest BCUT2D eigenvalue weighted by atomic mass is 10.1. The van der Waals surface area contributed by atoms with Crippen LogP contribution in [0, 0.1) is 0 Å². The van der Waals surface area contributed by atoms with Crippen molar-refractivity contribution in [2.45, 2.75) is 76.6 Å². The van der Waals surface area contributed by atoms with Crippen molar-refractivity contribution in [3.05, 3.63) is 29.8 Å². The van der Waals surface area contributed by atoms with Gasteiger partial charge in [0.05, 0.1) is 6.61 Å². The highest BCUT2D eigenvalue weighted by molar-refractivity contribution is 7.90.